The largest absolute Gasteiger partial charge is 0.373 e. The molecule has 5 heteroatoms. The van der Waals surface area contributed by atoms with Crippen LogP contribution < -0.4 is 10.2 Å². The lowest BCUT2D eigenvalue weighted by molar-refractivity contribution is 0.199. The predicted octanol–water partition coefficient (Wildman–Crippen LogP) is 2.48. The van der Waals surface area contributed by atoms with Crippen LogP contribution >= 0.6 is 0 Å². The molecular weight excluding hydrogens is 262 g/mol. The van der Waals surface area contributed by atoms with Crippen molar-refractivity contribution < 1.29 is 0 Å². The highest BCUT2D eigenvalue weighted by molar-refractivity contribution is 5.59. The minimum Gasteiger partial charge on any atom is -0.373 e. The Balaban J connectivity index is 2.32. The van der Waals surface area contributed by atoms with Gasteiger partial charge in [0.05, 0.1) is 0 Å². The molecule has 5 nitrogen and oxygen atoms in total. The van der Waals surface area contributed by atoms with Crippen LogP contribution in [0.3, 0.4) is 0 Å². The second-order valence-corrected chi connectivity index (χ2v) is 6.21. The van der Waals surface area contributed by atoms with Crippen molar-refractivity contribution in [2.45, 2.75) is 46.6 Å². The first-order valence-electron chi connectivity index (χ1n) is 8.03. The van der Waals surface area contributed by atoms with Gasteiger partial charge in [0.2, 0.25) is 0 Å². The summed E-state index contributed by atoms with van der Waals surface area (Å²) in [6.07, 6.45) is 0. The Morgan fingerprint density at radius 1 is 1.29 bits per heavy atom. The van der Waals surface area contributed by atoms with Crippen molar-refractivity contribution >= 4 is 11.6 Å². The zero-order valence-electron chi connectivity index (χ0n) is 14.3. The Bertz CT molecular complexity index is 486. The van der Waals surface area contributed by atoms with E-state index in [2.05, 4.69) is 54.7 Å². The van der Waals surface area contributed by atoms with Crippen LogP contribution in [0, 0.1) is 6.92 Å². The first kappa shape index (κ1) is 16.0. The summed E-state index contributed by atoms with van der Waals surface area (Å²) in [5.41, 5.74) is 1.15. The molecule has 1 N–H and O–H groups in total. The molecule has 21 heavy (non-hydrogen) atoms. The molecular formula is C16H29N5. The van der Waals surface area contributed by atoms with Crippen molar-refractivity contribution in [3.63, 3.8) is 0 Å². The molecule has 1 atom stereocenters. The number of aromatic nitrogens is 2. The van der Waals surface area contributed by atoms with Gasteiger partial charge in [0.15, 0.2) is 0 Å². The zero-order chi connectivity index (χ0) is 15.6. The Hall–Kier alpha value is -1.36. The molecule has 0 amide bonds. The third-order valence-electron chi connectivity index (χ3n) is 4.36. The second kappa shape index (κ2) is 6.60. The van der Waals surface area contributed by atoms with Crippen LogP contribution in [0.2, 0.25) is 0 Å². The lowest BCUT2D eigenvalue weighted by atomic mass is 10.1. The van der Waals surface area contributed by atoms with Gasteiger partial charge in [0.1, 0.15) is 17.5 Å². The number of likely N-dealkylation sites (N-methyl/N-ethyl adjacent to an activating group) is 1. The van der Waals surface area contributed by atoms with E-state index in [9.17, 15) is 0 Å². The van der Waals surface area contributed by atoms with Crippen LogP contribution in [0.15, 0.2) is 0 Å². The lowest BCUT2D eigenvalue weighted by Gasteiger charge is -2.40. The summed E-state index contributed by atoms with van der Waals surface area (Å²) in [4.78, 5) is 14.4. The van der Waals surface area contributed by atoms with Gasteiger partial charge in [-0.15, -0.1) is 0 Å². The number of hydrogen-bond donors (Lipinski definition) is 1. The molecule has 118 valence electrons. The van der Waals surface area contributed by atoms with Gasteiger partial charge in [-0.2, -0.15) is 0 Å². The molecule has 1 aromatic rings. The number of rotatable bonds is 4. The number of anilines is 2. The van der Waals surface area contributed by atoms with Crippen molar-refractivity contribution in [2.75, 3.05) is 43.4 Å². The molecule has 2 heterocycles. The van der Waals surface area contributed by atoms with Crippen LogP contribution in [0.4, 0.5) is 11.6 Å². The average molecular weight is 291 g/mol. The van der Waals surface area contributed by atoms with Crippen molar-refractivity contribution in [1.29, 1.82) is 0 Å². The summed E-state index contributed by atoms with van der Waals surface area (Å²) < 4.78 is 0. The topological polar surface area (TPSA) is 44.3 Å². The molecule has 1 aromatic heterocycles. The predicted molar refractivity (Wildman–Crippen MR) is 89.3 cm³/mol. The lowest BCUT2D eigenvalue weighted by Crippen LogP contribution is -2.52. The number of nitrogens with zero attached hydrogens (tertiary/aromatic N) is 4. The minimum absolute atomic E-state index is 0.339. The van der Waals surface area contributed by atoms with Gasteiger partial charge < -0.3 is 10.2 Å². The van der Waals surface area contributed by atoms with Gasteiger partial charge in [-0.05, 0) is 20.4 Å². The zero-order valence-corrected chi connectivity index (χ0v) is 14.3. The smallest absolute Gasteiger partial charge is 0.137 e. The van der Waals surface area contributed by atoms with E-state index in [1.54, 1.807) is 0 Å². The van der Waals surface area contributed by atoms with Gasteiger partial charge >= 0.3 is 0 Å². The van der Waals surface area contributed by atoms with E-state index in [0.29, 0.717) is 12.0 Å². The highest BCUT2D eigenvalue weighted by Crippen LogP contribution is 2.27. The molecule has 1 aliphatic heterocycles. The SMILES string of the molecule is CCN1CCN(c2nc(C(C)C)nc(NC)c2C)CC1C. The van der Waals surface area contributed by atoms with Crippen molar-refractivity contribution in [2.24, 2.45) is 0 Å². The van der Waals surface area contributed by atoms with Crippen LogP contribution in [0.25, 0.3) is 0 Å². The normalized spacial score (nSPS) is 20.1. The Kier molecular flexibility index (Phi) is 5.04. The highest BCUT2D eigenvalue weighted by Gasteiger charge is 2.25. The van der Waals surface area contributed by atoms with Gasteiger partial charge in [-0.25, -0.2) is 9.97 Å². The van der Waals surface area contributed by atoms with Crippen LogP contribution in [-0.4, -0.2) is 54.1 Å². The molecule has 0 aromatic carbocycles. The van der Waals surface area contributed by atoms with E-state index in [1.807, 2.05) is 7.05 Å². The van der Waals surface area contributed by atoms with Gasteiger partial charge in [0, 0.05) is 44.2 Å². The summed E-state index contributed by atoms with van der Waals surface area (Å²) in [5, 5.41) is 3.21. The van der Waals surface area contributed by atoms with Crippen molar-refractivity contribution in [3.05, 3.63) is 11.4 Å². The van der Waals surface area contributed by atoms with E-state index < -0.39 is 0 Å². The van der Waals surface area contributed by atoms with Crippen molar-refractivity contribution in [1.82, 2.24) is 14.9 Å². The monoisotopic (exact) mass is 291 g/mol. The third-order valence-corrected chi connectivity index (χ3v) is 4.36. The summed E-state index contributed by atoms with van der Waals surface area (Å²) in [7, 11) is 1.93. The minimum atomic E-state index is 0.339. The van der Waals surface area contributed by atoms with Crippen LogP contribution in [0.1, 0.15) is 45.0 Å². The fraction of sp³-hybridized carbons (Fsp3) is 0.750. The number of hydrogen-bond acceptors (Lipinski definition) is 5. The van der Waals surface area contributed by atoms with Gasteiger partial charge in [-0.1, -0.05) is 20.8 Å². The molecule has 1 fully saturated rings. The molecule has 2 rings (SSSR count). The van der Waals surface area contributed by atoms with Gasteiger partial charge in [0.25, 0.3) is 0 Å². The maximum Gasteiger partial charge on any atom is 0.137 e. The first-order chi connectivity index (χ1) is 9.97. The summed E-state index contributed by atoms with van der Waals surface area (Å²) in [5.74, 6) is 3.31. The standard InChI is InChI=1S/C16H29N5/c1-7-20-8-9-21(10-12(20)4)16-13(5)15(17-6)18-14(19-16)11(2)3/h11-12H,7-10H2,1-6H3,(H,17,18,19). The molecule has 0 aliphatic carbocycles. The number of nitrogens with one attached hydrogen (secondary N) is 1. The quantitative estimate of drug-likeness (QED) is 0.923. The van der Waals surface area contributed by atoms with E-state index in [1.165, 1.54) is 0 Å². The van der Waals surface area contributed by atoms with E-state index in [-0.39, 0.29) is 0 Å². The first-order valence-corrected chi connectivity index (χ1v) is 8.03. The fourth-order valence-electron chi connectivity index (χ4n) is 2.99. The molecule has 1 unspecified atom stereocenters. The van der Waals surface area contributed by atoms with Gasteiger partial charge in [-0.3, -0.25) is 4.90 Å². The Labute approximate surface area is 128 Å². The average Bonchev–Trinajstić information content (AvgIpc) is 2.47. The Morgan fingerprint density at radius 2 is 2.00 bits per heavy atom. The molecule has 0 spiro atoms. The maximum absolute atomic E-state index is 4.85. The fourth-order valence-corrected chi connectivity index (χ4v) is 2.99. The maximum atomic E-state index is 4.85. The molecule has 1 aliphatic rings. The van der Waals surface area contributed by atoms with Crippen LogP contribution in [-0.2, 0) is 0 Å². The molecule has 0 bridgehead atoms. The molecule has 0 saturated carbocycles. The third kappa shape index (κ3) is 3.28. The van der Waals surface area contributed by atoms with E-state index >= 15 is 0 Å². The summed E-state index contributed by atoms with van der Waals surface area (Å²) in [6.45, 7) is 15.2. The van der Waals surface area contributed by atoms with E-state index in [0.717, 1.165) is 49.2 Å². The highest BCUT2D eigenvalue weighted by atomic mass is 15.3. The molecule has 1 saturated heterocycles. The number of piperazine rings is 1. The van der Waals surface area contributed by atoms with Crippen molar-refractivity contribution in [3.8, 4) is 0 Å². The van der Waals surface area contributed by atoms with Crippen LogP contribution in [0.5, 0.6) is 0 Å². The summed E-state index contributed by atoms with van der Waals surface area (Å²) >= 11 is 0. The summed E-state index contributed by atoms with van der Waals surface area (Å²) in [6, 6.07) is 0.568. The second-order valence-electron chi connectivity index (χ2n) is 6.21. The van der Waals surface area contributed by atoms with E-state index in [4.69, 9.17) is 4.98 Å². The molecule has 0 radical (unpaired) electrons. The Morgan fingerprint density at radius 3 is 2.52 bits per heavy atom.